The van der Waals surface area contributed by atoms with Crippen molar-refractivity contribution in [1.29, 1.82) is 0 Å². The summed E-state index contributed by atoms with van der Waals surface area (Å²) in [4.78, 5) is 12.2. The average Bonchev–Trinajstić information content (AvgIpc) is 2.77. The maximum Gasteiger partial charge on any atom is 0.244 e. The molecule has 4 nitrogen and oxygen atoms in total. The largest absolute Gasteiger partial charge is 0.324 e. The van der Waals surface area contributed by atoms with Gasteiger partial charge in [-0.25, -0.2) is 0 Å². The Morgan fingerprint density at radius 2 is 2.11 bits per heavy atom. The molecule has 0 bridgehead atoms. The van der Waals surface area contributed by atoms with Gasteiger partial charge >= 0.3 is 0 Å². The molecule has 1 amide bonds. The fourth-order valence-electron chi connectivity index (χ4n) is 2.46. The molecule has 1 fully saturated rings. The van der Waals surface area contributed by atoms with Gasteiger partial charge in [-0.15, -0.1) is 0 Å². The van der Waals surface area contributed by atoms with E-state index in [1.165, 1.54) is 0 Å². The van der Waals surface area contributed by atoms with Gasteiger partial charge in [0.2, 0.25) is 5.91 Å². The van der Waals surface area contributed by atoms with Crippen molar-refractivity contribution in [3.05, 3.63) is 29.8 Å². The highest BCUT2D eigenvalue weighted by molar-refractivity contribution is 7.83. The summed E-state index contributed by atoms with van der Waals surface area (Å²) in [6.07, 6.45) is 5.19. The first-order valence-corrected chi connectivity index (χ1v) is 8.22. The summed E-state index contributed by atoms with van der Waals surface area (Å²) in [6, 6.07) is 7.45. The predicted molar refractivity (Wildman–Crippen MR) is 78.2 cm³/mol. The Morgan fingerprint density at radius 3 is 2.74 bits per heavy atom. The van der Waals surface area contributed by atoms with E-state index in [-0.39, 0.29) is 5.91 Å². The second-order valence-electron chi connectivity index (χ2n) is 5.24. The van der Waals surface area contributed by atoms with Crippen LogP contribution >= 0.6 is 0 Å². The van der Waals surface area contributed by atoms with E-state index in [2.05, 4.69) is 5.32 Å². The second kappa shape index (κ2) is 5.84. The molecule has 2 rings (SSSR count). The van der Waals surface area contributed by atoms with Crippen molar-refractivity contribution in [1.82, 2.24) is 0 Å². The van der Waals surface area contributed by atoms with Gasteiger partial charge in [0, 0.05) is 28.5 Å². The predicted octanol–water partition coefficient (Wildman–Crippen LogP) is 1.78. The average molecular weight is 280 g/mol. The molecule has 1 aliphatic carbocycles. The highest BCUT2D eigenvalue weighted by Crippen LogP contribution is 2.28. The Kier molecular flexibility index (Phi) is 4.37. The van der Waals surface area contributed by atoms with Crippen LogP contribution in [-0.4, -0.2) is 21.9 Å². The molecule has 0 aliphatic heterocycles. The standard InChI is InChI=1S/C14H20N2O2S/c1-19(18)10-11-5-4-6-12(9-11)16-13(17)14(15)7-2-3-8-14/h4-6,9H,2-3,7-8,10,15H2,1H3,(H,16,17). The lowest BCUT2D eigenvalue weighted by atomic mass is 9.98. The summed E-state index contributed by atoms with van der Waals surface area (Å²) in [6.45, 7) is 0. The van der Waals surface area contributed by atoms with Gasteiger partial charge in [0.25, 0.3) is 0 Å². The van der Waals surface area contributed by atoms with E-state index in [0.29, 0.717) is 5.75 Å². The highest BCUT2D eigenvalue weighted by atomic mass is 32.2. The van der Waals surface area contributed by atoms with Gasteiger partial charge in [-0.1, -0.05) is 25.0 Å². The SMILES string of the molecule is CS(=O)Cc1cccc(NC(=O)C2(N)CCCC2)c1. The number of carbonyl (C=O) groups is 1. The van der Waals surface area contributed by atoms with Gasteiger partial charge in [-0.2, -0.15) is 0 Å². The zero-order chi connectivity index (χ0) is 13.9. The molecule has 19 heavy (non-hydrogen) atoms. The van der Waals surface area contributed by atoms with Gasteiger partial charge in [0.15, 0.2) is 0 Å². The second-order valence-corrected chi connectivity index (χ2v) is 6.67. The van der Waals surface area contributed by atoms with Gasteiger partial charge < -0.3 is 11.1 Å². The van der Waals surface area contributed by atoms with Crippen LogP contribution in [0.25, 0.3) is 0 Å². The highest BCUT2D eigenvalue weighted by Gasteiger charge is 2.36. The van der Waals surface area contributed by atoms with Gasteiger partial charge in [-0.05, 0) is 30.5 Å². The number of hydrogen-bond acceptors (Lipinski definition) is 3. The molecule has 1 aliphatic rings. The molecular weight excluding hydrogens is 260 g/mol. The molecule has 1 aromatic carbocycles. The van der Waals surface area contributed by atoms with Crippen molar-refractivity contribution >= 4 is 22.4 Å². The number of rotatable bonds is 4. The Hall–Kier alpha value is -1.20. The maximum absolute atomic E-state index is 12.2. The van der Waals surface area contributed by atoms with E-state index >= 15 is 0 Å². The third kappa shape index (κ3) is 3.64. The van der Waals surface area contributed by atoms with Crippen LogP contribution in [0, 0.1) is 0 Å². The zero-order valence-electron chi connectivity index (χ0n) is 11.1. The third-order valence-corrected chi connectivity index (χ3v) is 4.24. The third-order valence-electron chi connectivity index (χ3n) is 3.50. The first-order chi connectivity index (χ1) is 8.99. The van der Waals surface area contributed by atoms with Crippen LogP contribution in [0.15, 0.2) is 24.3 Å². The van der Waals surface area contributed by atoms with Crippen molar-refractivity contribution in [2.75, 3.05) is 11.6 Å². The van der Waals surface area contributed by atoms with E-state index in [9.17, 15) is 9.00 Å². The Bertz CT molecular complexity index is 496. The molecule has 1 aromatic rings. The van der Waals surface area contributed by atoms with Gasteiger partial charge in [0.1, 0.15) is 0 Å². The van der Waals surface area contributed by atoms with E-state index in [1.807, 2.05) is 24.3 Å². The Morgan fingerprint density at radius 1 is 1.42 bits per heavy atom. The fraction of sp³-hybridized carbons (Fsp3) is 0.500. The summed E-state index contributed by atoms with van der Waals surface area (Å²) >= 11 is 0. The van der Waals surface area contributed by atoms with Crippen LogP contribution in [-0.2, 0) is 21.3 Å². The fourth-order valence-corrected chi connectivity index (χ4v) is 3.11. The number of anilines is 1. The van der Waals surface area contributed by atoms with Crippen molar-refractivity contribution in [3.63, 3.8) is 0 Å². The minimum absolute atomic E-state index is 0.111. The van der Waals surface area contributed by atoms with E-state index < -0.39 is 16.3 Å². The summed E-state index contributed by atoms with van der Waals surface area (Å²) in [7, 11) is -0.885. The molecule has 0 heterocycles. The summed E-state index contributed by atoms with van der Waals surface area (Å²) in [5.41, 5.74) is 7.07. The minimum atomic E-state index is -0.885. The van der Waals surface area contributed by atoms with Gasteiger partial charge in [0.05, 0.1) is 5.54 Å². The lowest BCUT2D eigenvalue weighted by Gasteiger charge is -2.22. The molecule has 104 valence electrons. The summed E-state index contributed by atoms with van der Waals surface area (Å²) in [5, 5.41) is 2.88. The first-order valence-electron chi connectivity index (χ1n) is 6.49. The van der Waals surface area contributed by atoms with Crippen LogP contribution in [0.2, 0.25) is 0 Å². The molecule has 1 saturated carbocycles. The van der Waals surface area contributed by atoms with Crippen LogP contribution in [0.4, 0.5) is 5.69 Å². The number of nitrogens with two attached hydrogens (primary N) is 1. The molecule has 1 atom stereocenters. The number of hydrogen-bond donors (Lipinski definition) is 2. The number of benzene rings is 1. The summed E-state index contributed by atoms with van der Waals surface area (Å²) < 4.78 is 11.2. The number of carbonyl (C=O) groups excluding carboxylic acids is 1. The van der Waals surface area contributed by atoms with E-state index in [0.717, 1.165) is 36.9 Å². The van der Waals surface area contributed by atoms with Crippen LogP contribution in [0.1, 0.15) is 31.2 Å². The van der Waals surface area contributed by atoms with Crippen molar-refractivity contribution in [3.8, 4) is 0 Å². The smallest absolute Gasteiger partial charge is 0.244 e. The zero-order valence-corrected chi connectivity index (χ0v) is 12.0. The Balaban J connectivity index is 2.06. The van der Waals surface area contributed by atoms with Crippen LogP contribution in [0.5, 0.6) is 0 Å². The normalized spacial score (nSPS) is 19.1. The quantitative estimate of drug-likeness (QED) is 0.883. The first kappa shape index (κ1) is 14.2. The molecule has 0 radical (unpaired) electrons. The molecule has 5 heteroatoms. The molecule has 1 unspecified atom stereocenters. The van der Waals surface area contributed by atoms with Crippen molar-refractivity contribution < 1.29 is 9.00 Å². The topological polar surface area (TPSA) is 72.2 Å². The van der Waals surface area contributed by atoms with Gasteiger partial charge in [-0.3, -0.25) is 9.00 Å². The molecule has 0 spiro atoms. The number of nitrogens with one attached hydrogen (secondary N) is 1. The van der Waals surface area contributed by atoms with Crippen LogP contribution < -0.4 is 11.1 Å². The van der Waals surface area contributed by atoms with E-state index in [1.54, 1.807) is 6.26 Å². The van der Waals surface area contributed by atoms with E-state index in [4.69, 9.17) is 5.73 Å². The van der Waals surface area contributed by atoms with Crippen molar-refractivity contribution in [2.45, 2.75) is 37.0 Å². The molecule has 0 saturated heterocycles. The number of amides is 1. The summed E-state index contributed by atoms with van der Waals surface area (Å²) in [5.74, 6) is 0.386. The molecule has 3 N–H and O–H groups in total. The Labute approximate surface area is 116 Å². The monoisotopic (exact) mass is 280 g/mol. The van der Waals surface area contributed by atoms with Crippen molar-refractivity contribution in [2.24, 2.45) is 5.73 Å². The molecular formula is C14H20N2O2S. The van der Waals surface area contributed by atoms with Crippen LogP contribution in [0.3, 0.4) is 0 Å². The molecule has 0 aromatic heterocycles. The lowest BCUT2D eigenvalue weighted by Crippen LogP contribution is -2.48. The minimum Gasteiger partial charge on any atom is -0.324 e. The maximum atomic E-state index is 12.2. The lowest BCUT2D eigenvalue weighted by molar-refractivity contribution is -0.121.